The van der Waals surface area contributed by atoms with Gasteiger partial charge in [0.2, 0.25) is 17.7 Å². The van der Waals surface area contributed by atoms with Crippen molar-refractivity contribution in [3.8, 4) is 11.5 Å². The molecule has 1 aliphatic heterocycles. The summed E-state index contributed by atoms with van der Waals surface area (Å²) in [5, 5.41) is 12.6. The summed E-state index contributed by atoms with van der Waals surface area (Å²) in [4.78, 5) is 20.9. The van der Waals surface area contributed by atoms with E-state index in [0.29, 0.717) is 42.7 Å². The zero-order valence-electron chi connectivity index (χ0n) is 14.5. The molecule has 9 heteroatoms. The summed E-state index contributed by atoms with van der Waals surface area (Å²) in [5.41, 5.74) is 0.914. The third kappa shape index (κ3) is 4.28. The Bertz CT molecular complexity index is 889. The van der Waals surface area contributed by atoms with Crippen molar-refractivity contribution in [2.24, 2.45) is 0 Å². The molecule has 1 fully saturated rings. The van der Waals surface area contributed by atoms with Gasteiger partial charge in [-0.2, -0.15) is 11.3 Å². The number of pyridine rings is 1. The van der Waals surface area contributed by atoms with Gasteiger partial charge in [-0.05, 0) is 23.6 Å². The van der Waals surface area contributed by atoms with Gasteiger partial charge >= 0.3 is 0 Å². The first-order valence-electron chi connectivity index (χ1n) is 8.68. The van der Waals surface area contributed by atoms with E-state index in [2.05, 4.69) is 20.1 Å². The molecule has 0 radical (unpaired) electrons. The molecule has 0 saturated carbocycles. The minimum absolute atomic E-state index is 0.106. The molecule has 0 aromatic carbocycles. The first-order chi connectivity index (χ1) is 13.2. The van der Waals surface area contributed by atoms with Crippen molar-refractivity contribution in [3.05, 3.63) is 46.1 Å². The van der Waals surface area contributed by atoms with Gasteiger partial charge in [-0.3, -0.25) is 4.79 Å². The Balaban J connectivity index is 1.27. The molecule has 140 valence electrons. The highest BCUT2D eigenvalue weighted by Crippen LogP contribution is 2.21. The van der Waals surface area contributed by atoms with Crippen LogP contribution < -0.4 is 4.90 Å². The Morgan fingerprint density at radius 1 is 1.19 bits per heavy atom. The Labute approximate surface area is 165 Å². The molecule has 3 aromatic heterocycles. The fourth-order valence-corrected chi connectivity index (χ4v) is 3.71. The number of aromatic nitrogens is 3. The molecule has 0 unspecified atom stereocenters. The highest BCUT2D eigenvalue weighted by Gasteiger charge is 2.22. The van der Waals surface area contributed by atoms with Gasteiger partial charge < -0.3 is 14.2 Å². The Hall–Kier alpha value is -2.45. The number of thiophene rings is 1. The van der Waals surface area contributed by atoms with Gasteiger partial charge in [-0.25, -0.2) is 4.98 Å². The van der Waals surface area contributed by atoms with E-state index in [-0.39, 0.29) is 5.91 Å². The number of nitrogens with zero attached hydrogens (tertiary/aromatic N) is 5. The number of aryl methyl sites for hydroxylation is 1. The molecule has 3 aromatic rings. The van der Waals surface area contributed by atoms with Crippen LogP contribution in [0.4, 0.5) is 5.82 Å². The number of piperazine rings is 1. The first kappa shape index (κ1) is 17.9. The Kier molecular flexibility index (Phi) is 5.35. The van der Waals surface area contributed by atoms with Crippen LogP contribution in [0.2, 0.25) is 5.02 Å². The molecule has 1 aliphatic rings. The van der Waals surface area contributed by atoms with E-state index < -0.39 is 0 Å². The van der Waals surface area contributed by atoms with E-state index in [0.717, 1.165) is 24.5 Å². The lowest BCUT2D eigenvalue weighted by atomic mass is 10.2. The van der Waals surface area contributed by atoms with Crippen LogP contribution in [0.1, 0.15) is 12.3 Å². The lowest BCUT2D eigenvalue weighted by Gasteiger charge is -2.35. The van der Waals surface area contributed by atoms with Crippen molar-refractivity contribution in [2.75, 3.05) is 31.1 Å². The van der Waals surface area contributed by atoms with E-state index in [1.807, 2.05) is 33.9 Å². The van der Waals surface area contributed by atoms with Gasteiger partial charge in [0.25, 0.3) is 0 Å². The average Bonchev–Trinajstić information content (AvgIpc) is 3.38. The minimum atomic E-state index is 0.106. The SMILES string of the molecule is O=C(CCc1nnc(-c2ccsc2)o1)N1CCN(c2ccc(Cl)cn2)CC1. The zero-order valence-corrected chi connectivity index (χ0v) is 16.1. The Morgan fingerprint density at radius 2 is 2.04 bits per heavy atom. The van der Waals surface area contributed by atoms with Crippen molar-refractivity contribution in [1.82, 2.24) is 20.1 Å². The number of halogens is 1. The first-order valence-corrected chi connectivity index (χ1v) is 10.0. The van der Waals surface area contributed by atoms with E-state index in [1.165, 1.54) is 0 Å². The van der Waals surface area contributed by atoms with E-state index in [9.17, 15) is 4.79 Å². The van der Waals surface area contributed by atoms with Crippen molar-refractivity contribution >= 4 is 34.7 Å². The zero-order chi connectivity index (χ0) is 18.6. The molecule has 4 heterocycles. The summed E-state index contributed by atoms with van der Waals surface area (Å²) in [5.74, 6) is 1.99. The Morgan fingerprint density at radius 3 is 2.74 bits per heavy atom. The van der Waals surface area contributed by atoms with Crippen LogP contribution in [0, 0.1) is 0 Å². The van der Waals surface area contributed by atoms with Crippen molar-refractivity contribution in [2.45, 2.75) is 12.8 Å². The van der Waals surface area contributed by atoms with Gasteiger partial charge in [-0.1, -0.05) is 11.6 Å². The highest BCUT2D eigenvalue weighted by molar-refractivity contribution is 7.08. The summed E-state index contributed by atoms with van der Waals surface area (Å²) < 4.78 is 5.64. The van der Waals surface area contributed by atoms with Crippen LogP contribution in [-0.2, 0) is 11.2 Å². The molecule has 0 atom stereocenters. The van der Waals surface area contributed by atoms with E-state index >= 15 is 0 Å². The fourth-order valence-electron chi connectivity index (χ4n) is 2.97. The summed E-state index contributed by atoms with van der Waals surface area (Å²) >= 11 is 7.46. The third-order valence-corrected chi connectivity index (χ3v) is 5.36. The van der Waals surface area contributed by atoms with Crippen molar-refractivity contribution < 1.29 is 9.21 Å². The van der Waals surface area contributed by atoms with Crippen molar-refractivity contribution in [1.29, 1.82) is 0 Å². The molecule has 0 bridgehead atoms. The molecule has 4 rings (SSSR count). The summed E-state index contributed by atoms with van der Waals surface area (Å²) in [6, 6.07) is 5.67. The van der Waals surface area contributed by atoms with Gasteiger partial charge in [0, 0.05) is 56.2 Å². The number of hydrogen-bond acceptors (Lipinski definition) is 7. The molecular weight excluding hydrogens is 386 g/mol. The number of carbonyl (C=O) groups is 1. The number of rotatable bonds is 5. The molecule has 27 heavy (non-hydrogen) atoms. The van der Waals surface area contributed by atoms with Crippen molar-refractivity contribution in [3.63, 3.8) is 0 Å². The number of hydrogen-bond donors (Lipinski definition) is 0. The van der Waals surface area contributed by atoms with E-state index in [4.69, 9.17) is 16.0 Å². The van der Waals surface area contributed by atoms with Crippen LogP contribution in [0.25, 0.3) is 11.5 Å². The normalized spacial score (nSPS) is 14.6. The second-order valence-corrected chi connectivity index (χ2v) is 7.43. The van der Waals surface area contributed by atoms with Crippen LogP contribution >= 0.6 is 22.9 Å². The van der Waals surface area contributed by atoms with Gasteiger partial charge in [0.15, 0.2) is 0 Å². The number of carbonyl (C=O) groups excluding carboxylic acids is 1. The second-order valence-electron chi connectivity index (χ2n) is 6.22. The molecule has 7 nitrogen and oxygen atoms in total. The van der Waals surface area contributed by atoms with Crippen LogP contribution in [0.15, 0.2) is 39.6 Å². The van der Waals surface area contributed by atoms with Gasteiger partial charge in [0.05, 0.1) is 5.02 Å². The molecule has 1 amide bonds. The quantitative estimate of drug-likeness (QED) is 0.651. The molecule has 0 aliphatic carbocycles. The molecule has 0 spiro atoms. The third-order valence-electron chi connectivity index (χ3n) is 4.46. The molecular formula is C18H18ClN5O2S. The minimum Gasteiger partial charge on any atom is -0.421 e. The maximum Gasteiger partial charge on any atom is 0.248 e. The van der Waals surface area contributed by atoms with E-state index in [1.54, 1.807) is 17.5 Å². The number of amides is 1. The summed E-state index contributed by atoms with van der Waals surface area (Å²) in [7, 11) is 0. The van der Waals surface area contributed by atoms with Crippen LogP contribution in [0.5, 0.6) is 0 Å². The topological polar surface area (TPSA) is 75.4 Å². The van der Waals surface area contributed by atoms with Gasteiger partial charge in [-0.15, -0.1) is 10.2 Å². The molecule has 0 N–H and O–H groups in total. The van der Waals surface area contributed by atoms with Crippen LogP contribution in [0.3, 0.4) is 0 Å². The maximum atomic E-state index is 12.5. The second kappa shape index (κ2) is 8.06. The highest BCUT2D eigenvalue weighted by atomic mass is 35.5. The number of anilines is 1. The van der Waals surface area contributed by atoms with Crippen LogP contribution in [-0.4, -0.2) is 52.2 Å². The monoisotopic (exact) mass is 403 g/mol. The fraction of sp³-hybridized carbons (Fsp3) is 0.333. The lowest BCUT2D eigenvalue weighted by Crippen LogP contribution is -2.49. The van der Waals surface area contributed by atoms with Gasteiger partial charge in [0.1, 0.15) is 5.82 Å². The maximum absolute atomic E-state index is 12.5. The molecule has 1 saturated heterocycles. The largest absolute Gasteiger partial charge is 0.421 e. The average molecular weight is 404 g/mol. The smallest absolute Gasteiger partial charge is 0.248 e. The lowest BCUT2D eigenvalue weighted by molar-refractivity contribution is -0.131. The predicted molar refractivity (Wildman–Crippen MR) is 104 cm³/mol. The predicted octanol–water partition coefficient (Wildman–Crippen LogP) is 3.13. The standard InChI is InChI=1S/C18H18ClN5O2S/c19-14-1-2-15(20-11-14)23-6-8-24(9-7-23)17(25)4-3-16-21-22-18(26-16)13-5-10-27-12-13/h1-2,5,10-12H,3-4,6-9H2. The summed E-state index contributed by atoms with van der Waals surface area (Å²) in [6.45, 7) is 2.85. The summed E-state index contributed by atoms with van der Waals surface area (Å²) in [6.07, 6.45) is 2.46.